The molecule has 1 aliphatic heterocycles. The second-order valence-electron chi connectivity index (χ2n) is 9.42. The second-order valence-corrected chi connectivity index (χ2v) is 9.42. The van der Waals surface area contributed by atoms with Gasteiger partial charge in [0.05, 0.1) is 24.0 Å². The van der Waals surface area contributed by atoms with Crippen LogP contribution < -0.4 is 15.1 Å². The molecule has 0 spiro atoms. The Morgan fingerprint density at radius 2 is 1.66 bits per heavy atom. The van der Waals surface area contributed by atoms with Crippen LogP contribution in [0.3, 0.4) is 0 Å². The fourth-order valence-electron chi connectivity index (χ4n) is 4.85. The molecule has 1 N–H and O–H groups in total. The van der Waals surface area contributed by atoms with Gasteiger partial charge in [-0.1, -0.05) is 62.4 Å². The quantitative estimate of drug-likeness (QED) is 0.571. The molecule has 3 atom stereocenters. The van der Waals surface area contributed by atoms with Crippen LogP contribution in [0.25, 0.3) is 10.8 Å². The van der Waals surface area contributed by atoms with Gasteiger partial charge in [-0.05, 0) is 54.3 Å². The van der Waals surface area contributed by atoms with Gasteiger partial charge < -0.3 is 15.1 Å². The average Bonchev–Trinajstić information content (AvgIpc) is 2.93. The fraction of sp³-hybridized carbons (Fsp3) is 0.345. The number of benzene rings is 3. The molecular weight excluding hydrogens is 438 g/mol. The van der Waals surface area contributed by atoms with Gasteiger partial charge in [0.15, 0.2) is 0 Å². The highest BCUT2D eigenvalue weighted by Gasteiger charge is 2.41. The number of fused-ring (bicyclic) bond motifs is 2. The van der Waals surface area contributed by atoms with Gasteiger partial charge in [0.1, 0.15) is 6.04 Å². The van der Waals surface area contributed by atoms with Gasteiger partial charge in [-0.2, -0.15) is 0 Å². The minimum atomic E-state index is -0.872. The molecular formula is C29H33N3O3. The molecule has 0 unspecified atom stereocenters. The van der Waals surface area contributed by atoms with Crippen molar-refractivity contribution in [2.24, 2.45) is 5.92 Å². The van der Waals surface area contributed by atoms with Gasteiger partial charge in [-0.15, -0.1) is 0 Å². The lowest BCUT2D eigenvalue weighted by molar-refractivity contribution is -0.130. The van der Waals surface area contributed by atoms with E-state index >= 15 is 0 Å². The van der Waals surface area contributed by atoms with Crippen molar-refractivity contribution in [1.82, 2.24) is 5.32 Å². The normalized spacial score (nSPS) is 18.7. The highest BCUT2D eigenvalue weighted by Crippen LogP contribution is 2.37. The van der Waals surface area contributed by atoms with Crippen LogP contribution in [0.15, 0.2) is 60.7 Å². The highest BCUT2D eigenvalue weighted by molar-refractivity contribution is 6.08. The Labute approximate surface area is 206 Å². The molecule has 0 aromatic heterocycles. The van der Waals surface area contributed by atoms with Crippen molar-refractivity contribution in [1.29, 1.82) is 0 Å². The molecule has 0 saturated heterocycles. The zero-order valence-electron chi connectivity index (χ0n) is 21.0. The maximum absolute atomic E-state index is 14.2. The Balaban J connectivity index is 1.87. The molecule has 1 aliphatic rings. The number of carbonyl (C=O) groups excluding carboxylic acids is 3. The van der Waals surface area contributed by atoms with Crippen molar-refractivity contribution in [3.8, 4) is 0 Å². The van der Waals surface area contributed by atoms with Crippen molar-refractivity contribution in [3.05, 3.63) is 71.8 Å². The summed E-state index contributed by atoms with van der Waals surface area (Å²) in [5.41, 5.74) is 3.45. The van der Waals surface area contributed by atoms with E-state index in [1.54, 1.807) is 9.80 Å². The monoisotopic (exact) mass is 471 g/mol. The second kappa shape index (κ2) is 9.90. The molecule has 182 valence electrons. The number of para-hydroxylation sites is 2. The number of rotatable bonds is 5. The Kier molecular flexibility index (Phi) is 6.92. The highest BCUT2D eigenvalue weighted by atomic mass is 16.2. The summed E-state index contributed by atoms with van der Waals surface area (Å²) in [6, 6.07) is 18.3. The third kappa shape index (κ3) is 4.53. The minimum absolute atomic E-state index is 0.177. The van der Waals surface area contributed by atoms with Crippen LogP contribution in [0.4, 0.5) is 11.4 Å². The van der Waals surface area contributed by atoms with Gasteiger partial charge >= 0.3 is 0 Å². The molecule has 3 aromatic rings. The topological polar surface area (TPSA) is 69.7 Å². The molecule has 3 amide bonds. The Morgan fingerprint density at radius 1 is 1.00 bits per heavy atom. The van der Waals surface area contributed by atoms with Crippen LogP contribution in [-0.4, -0.2) is 29.8 Å². The number of aryl methyl sites for hydroxylation is 1. The van der Waals surface area contributed by atoms with Crippen molar-refractivity contribution in [2.45, 2.75) is 59.7 Å². The van der Waals surface area contributed by atoms with E-state index in [0.29, 0.717) is 24.3 Å². The van der Waals surface area contributed by atoms with E-state index in [1.807, 2.05) is 64.1 Å². The molecule has 0 fully saturated rings. The molecule has 0 aliphatic carbocycles. The molecule has 1 heterocycles. The van der Waals surface area contributed by atoms with Crippen LogP contribution in [-0.2, 0) is 20.9 Å². The van der Waals surface area contributed by atoms with E-state index in [1.165, 1.54) is 6.92 Å². The predicted octanol–water partition coefficient (Wildman–Crippen LogP) is 4.97. The molecule has 3 aromatic carbocycles. The van der Waals surface area contributed by atoms with Gasteiger partial charge in [0, 0.05) is 12.8 Å². The zero-order chi connectivity index (χ0) is 25.3. The van der Waals surface area contributed by atoms with Crippen LogP contribution in [0.5, 0.6) is 0 Å². The molecule has 0 radical (unpaired) electrons. The van der Waals surface area contributed by atoms with E-state index < -0.39 is 12.1 Å². The molecule has 6 heteroatoms. The van der Waals surface area contributed by atoms with E-state index in [0.717, 1.165) is 21.9 Å². The lowest BCUT2D eigenvalue weighted by Gasteiger charge is -2.32. The summed E-state index contributed by atoms with van der Waals surface area (Å²) in [4.78, 5) is 43.2. The van der Waals surface area contributed by atoms with Crippen molar-refractivity contribution < 1.29 is 14.4 Å². The molecule has 35 heavy (non-hydrogen) atoms. The Bertz CT molecular complexity index is 1290. The summed E-state index contributed by atoms with van der Waals surface area (Å²) >= 11 is 0. The summed E-state index contributed by atoms with van der Waals surface area (Å²) < 4.78 is 0. The number of anilines is 2. The molecule has 6 nitrogen and oxygen atoms in total. The third-order valence-electron chi connectivity index (χ3n) is 7.14. The van der Waals surface area contributed by atoms with E-state index in [4.69, 9.17) is 0 Å². The van der Waals surface area contributed by atoms with E-state index in [2.05, 4.69) is 29.6 Å². The Hall–Kier alpha value is -3.67. The first kappa shape index (κ1) is 24.5. The average molecular weight is 472 g/mol. The lowest BCUT2D eigenvalue weighted by atomic mass is 9.98. The number of hydrogen-bond donors (Lipinski definition) is 1. The summed E-state index contributed by atoms with van der Waals surface area (Å²) in [5.74, 6) is -0.824. The van der Waals surface area contributed by atoms with Crippen molar-refractivity contribution in [2.75, 3.05) is 9.80 Å². The number of carbonyl (C=O) groups is 3. The first-order valence-electron chi connectivity index (χ1n) is 12.2. The maximum atomic E-state index is 14.2. The lowest BCUT2D eigenvalue weighted by Crippen LogP contribution is -2.58. The van der Waals surface area contributed by atoms with Crippen LogP contribution in [0.2, 0.25) is 0 Å². The summed E-state index contributed by atoms with van der Waals surface area (Å²) in [5, 5.41) is 5.16. The first-order valence-corrected chi connectivity index (χ1v) is 12.2. The maximum Gasteiger partial charge on any atom is 0.252 e. The Morgan fingerprint density at radius 3 is 2.34 bits per heavy atom. The largest absolute Gasteiger partial charge is 0.342 e. The van der Waals surface area contributed by atoms with Gasteiger partial charge in [0.2, 0.25) is 11.8 Å². The number of amides is 3. The summed E-state index contributed by atoms with van der Waals surface area (Å²) in [6.07, 6.45) is 0.663. The van der Waals surface area contributed by atoms with Gasteiger partial charge in [0.25, 0.3) is 5.91 Å². The summed E-state index contributed by atoms with van der Waals surface area (Å²) in [7, 11) is 0. The first-order chi connectivity index (χ1) is 16.7. The van der Waals surface area contributed by atoms with Crippen molar-refractivity contribution in [3.63, 3.8) is 0 Å². The minimum Gasteiger partial charge on any atom is -0.342 e. The van der Waals surface area contributed by atoms with E-state index in [-0.39, 0.29) is 23.6 Å². The number of nitrogens with one attached hydrogen (secondary N) is 1. The predicted molar refractivity (Wildman–Crippen MR) is 140 cm³/mol. The summed E-state index contributed by atoms with van der Waals surface area (Å²) in [6.45, 7) is 9.48. The third-order valence-corrected chi connectivity index (χ3v) is 7.14. The molecule has 0 saturated carbocycles. The zero-order valence-corrected chi connectivity index (χ0v) is 21.0. The fourth-order valence-corrected chi connectivity index (χ4v) is 4.85. The van der Waals surface area contributed by atoms with Gasteiger partial charge in [-0.3, -0.25) is 14.4 Å². The smallest absolute Gasteiger partial charge is 0.252 e. The number of nitrogens with zero attached hydrogens (tertiary/aromatic N) is 2. The van der Waals surface area contributed by atoms with E-state index in [9.17, 15) is 14.4 Å². The SMILES string of the molecule is CC[C@@H](C)C(=O)N[C@@H]1C(=O)N(Cc2c(C)ccc3ccccc23)c2ccccc2N(C(C)=O)[C@H]1C. The number of hydrogen-bond acceptors (Lipinski definition) is 3. The molecule has 4 rings (SSSR count). The molecule has 0 bridgehead atoms. The van der Waals surface area contributed by atoms with Crippen LogP contribution >= 0.6 is 0 Å². The van der Waals surface area contributed by atoms with Crippen LogP contribution in [0, 0.1) is 12.8 Å². The van der Waals surface area contributed by atoms with Gasteiger partial charge in [-0.25, -0.2) is 0 Å². The van der Waals surface area contributed by atoms with Crippen molar-refractivity contribution >= 4 is 39.9 Å². The van der Waals surface area contributed by atoms with Crippen LogP contribution in [0.1, 0.15) is 45.2 Å². The standard InChI is InChI=1S/C29H33N3O3/c1-6-18(2)28(34)30-27-20(4)32(21(5)33)26-14-10-9-13-25(26)31(29(27)35)17-24-19(3)15-16-22-11-7-8-12-23(22)24/h7-16,18,20,27H,6,17H2,1-5H3,(H,30,34)/t18-,20+,27+/m1/s1.